The van der Waals surface area contributed by atoms with Crippen molar-refractivity contribution in [2.24, 2.45) is 17.3 Å². The van der Waals surface area contributed by atoms with E-state index in [-0.39, 0.29) is 50.0 Å². The number of likely N-dealkylation sites (tertiary alicyclic amines) is 1. The van der Waals surface area contributed by atoms with Gasteiger partial charge in [-0.1, -0.05) is 38.8 Å². The molecule has 0 bridgehead atoms. The second kappa shape index (κ2) is 14.1. The molecule has 2 amide bonds. The minimum Gasteiger partial charge on any atom is -0.481 e. The number of carboxylic acids is 1. The molecular formula is C33H48N4O7. The number of carbonyl (C=O) groups excluding carboxylic acids is 3. The van der Waals surface area contributed by atoms with Gasteiger partial charge in [0.25, 0.3) is 0 Å². The molecule has 2 aliphatic heterocycles. The summed E-state index contributed by atoms with van der Waals surface area (Å²) in [6.07, 6.45) is 2.32. The number of benzene rings is 1. The SMILES string of the molecule is CC(C)CCCC1(CC(=O)c2nc3ccccc3n2CCC(=O)O)C[C@@H](C(=O)N2CCOCC2)CN(C(=O)OC(C)(C)C)C1. The number of para-hydroxylation sites is 2. The van der Waals surface area contributed by atoms with Crippen LogP contribution in [-0.4, -0.2) is 93.2 Å². The summed E-state index contributed by atoms with van der Waals surface area (Å²) in [6.45, 7) is 12.3. The lowest BCUT2D eigenvalue weighted by Crippen LogP contribution is -2.56. The smallest absolute Gasteiger partial charge is 0.410 e. The Labute approximate surface area is 259 Å². The van der Waals surface area contributed by atoms with Gasteiger partial charge in [0.2, 0.25) is 5.91 Å². The predicted octanol–water partition coefficient (Wildman–Crippen LogP) is 5.01. The lowest BCUT2D eigenvalue weighted by atomic mass is 9.68. The molecule has 2 aliphatic rings. The van der Waals surface area contributed by atoms with Crippen LogP contribution in [-0.2, 0) is 25.6 Å². The maximum atomic E-state index is 14.3. The zero-order valence-electron chi connectivity index (χ0n) is 26.8. The molecule has 242 valence electrons. The summed E-state index contributed by atoms with van der Waals surface area (Å²) in [6, 6.07) is 7.32. The number of carbonyl (C=O) groups is 4. The number of aryl methyl sites for hydroxylation is 1. The number of hydrogen-bond donors (Lipinski definition) is 1. The quantitative estimate of drug-likeness (QED) is 0.350. The first-order chi connectivity index (χ1) is 20.8. The van der Waals surface area contributed by atoms with Gasteiger partial charge in [-0.2, -0.15) is 0 Å². The maximum Gasteiger partial charge on any atom is 0.410 e. The third-order valence-electron chi connectivity index (χ3n) is 8.45. The highest BCUT2D eigenvalue weighted by molar-refractivity contribution is 5.97. The molecule has 4 rings (SSSR count). The Morgan fingerprint density at radius 1 is 1.11 bits per heavy atom. The van der Waals surface area contributed by atoms with E-state index in [1.54, 1.807) is 14.4 Å². The highest BCUT2D eigenvalue weighted by Gasteiger charge is 2.47. The van der Waals surface area contributed by atoms with Gasteiger partial charge in [0.15, 0.2) is 11.6 Å². The van der Waals surface area contributed by atoms with Crippen LogP contribution in [0.5, 0.6) is 0 Å². The fourth-order valence-corrected chi connectivity index (χ4v) is 6.48. The average Bonchev–Trinajstić information content (AvgIpc) is 3.33. The Hall–Kier alpha value is -3.47. The van der Waals surface area contributed by atoms with E-state index >= 15 is 0 Å². The summed E-state index contributed by atoms with van der Waals surface area (Å²) in [4.78, 5) is 61.2. The van der Waals surface area contributed by atoms with Crippen molar-refractivity contribution in [3.8, 4) is 0 Å². The number of amides is 2. The van der Waals surface area contributed by atoms with Crippen molar-refractivity contribution < 1.29 is 33.8 Å². The number of imidazole rings is 1. The molecule has 0 saturated carbocycles. The van der Waals surface area contributed by atoms with Gasteiger partial charge in [-0.25, -0.2) is 9.78 Å². The molecule has 11 nitrogen and oxygen atoms in total. The number of nitrogens with zero attached hydrogens (tertiary/aromatic N) is 4. The Kier molecular flexibility index (Phi) is 10.7. The van der Waals surface area contributed by atoms with E-state index in [1.807, 2.05) is 45.0 Å². The maximum absolute atomic E-state index is 14.3. The first kappa shape index (κ1) is 33.4. The van der Waals surface area contributed by atoms with Gasteiger partial charge < -0.3 is 28.9 Å². The topological polar surface area (TPSA) is 131 Å². The van der Waals surface area contributed by atoms with Crippen molar-refractivity contribution in [3.05, 3.63) is 30.1 Å². The molecule has 1 aromatic carbocycles. The van der Waals surface area contributed by atoms with Crippen LogP contribution in [0.1, 0.15) is 83.8 Å². The zero-order valence-corrected chi connectivity index (χ0v) is 26.8. The molecule has 2 saturated heterocycles. The minimum absolute atomic E-state index is 0.0315. The number of carboxylic acid groups (broad SMARTS) is 1. The fraction of sp³-hybridized carbons (Fsp3) is 0.667. The van der Waals surface area contributed by atoms with Crippen LogP contribution >= 0.6 is 0 Å². The Morgan fingerprint density at radius 2 is 1.82 bits per heavy atom. The van der Waals surface area contributed by atoms with Gasteiger partial charge in [-0.3, -0.25) is 14.4 Å². The number of aliphatic carboxylic acids is 1. The molecule has 1 aromatic heterocycles. The van der Waals surface area contributed by atoms with Crippen molar-refractivity contribution in [3.63, 3.8) is 0 Å². The van der Waals surface area contributed by atoms with E-state index in [9.17, 15) is 24.3 Å². The highest BCUT2D eigenvalue weighted by atomic mass is 16.6. The normalized spacial score (nSPS) is 21.1. The Bertz CT molecular complexity index is 1340. The standard InChI is InChI=1S/C33H48N4O7/c1-23(2)9-8-13-33(20-27(38)29-34-25-10-6-7-11-26(25)37(29)14-12-28(39)40)19-24(30(41)35-15-17-43-18-16-35)21-36(22-33)31(42)44-32(3,4)5/h6-7,10-11,23-24H,8-9,12-22H2,1-5H3,(H,39,40)/t24-,33?/m1/s1. The number of Topliss-reactive ketones (excluding diaryl/α,β-unsaturated/α-hetero) is 1. The lowest BCUT2D eigenvalue weighted by Gasteiger charge is -2.47. The van der Waals surface area contributed by atoms with Gasteiger partial charge >= 0.3 is 12.1 Å². The fourth-order valence-electron chi connectivity index (χ4n) is 6.48. The van der Waals surface area contributed by atoms with Crippen LogP contribution in [0.2, 0.25) is 0 Å². The Balaban J connectivity index is 1.71. The van der Waals surface area contributed by atoms with Crippen LogP contribution in [0.3, 0.4) is 0 Å². The van der Waals surface area contributed by atoms with Crippen LogP contribution in [0.25, 0.3) is 11.0 Å². The number of ketones is 1. The number of piperidine rings is 1. The number of rotatable bonds is 11. The summed E-state index contributed by atoms with van der Waals surface area (Å²) < 4.78 is 12.9. The largest absolute Gasteiger partial charge is 0.481 e. The molecule has 1 N–H and O–H groups in total. The first-order valence-electron chi connectivity index (χ1n) is 15.8. The monoisotopic (exact) mass is 612 g/mol. The molecule has 44 heavy (non-hydrogen) atoms. The van der Waals surface area contributed by atoms with E-state index < -0.39 is 29.0 Å². The van der Waals surface area contributed by atoms with Crippen LogP contribution in [0, 0.1) is 17.3 Å². The molecule has 0 radical (unpaired) electrons. The average molecular weight is 613 g/mol. The number of morpholine rings is 1. The van der Waals surface area contributed by atoms with Gasteiger partial charge in [0.05, 0.1) is 36.6 Å². The van der Waals surface area contributed by atoms with Gasteiger partial charge in [0, 0.05) is 39.1 Å². The van der Waals surface area contributed by atoms with Crippen molar-refractivity contribution in [2.75, 3.05) is 39.4 Å². The lowest BCUT2D eigenvalue weighted by molar-refractivity contribution is -0.143. The zero-order chi connectivity index (χ0) is 32.1. The van der Waals surface area contributed by atoms with Gasteiger partial charge in [-0.05, 0) is 57.1 Å². The van der Waals surface area contributed by atoms with Crippen molar-refractivity contribution >= 4 is 34.8 Å². The van der Waals surface area contributed by atoms with E-state index in [1.165, 1.54) is 0 Å². The molecular weight excluding hydrogens is 564 g/mol. The van der Waals surface area contributed by atoms with Gasteiger partial charge in [0.1, 0.15) is 5.60 Å². The van der Waals surface area contributed by atoms with E-state index in [0.717, 1.165) is 12.8 Å². The molecule has 11 heteroatoms. The van der Waals surface area contributed by atoms with E-state index in [2.05, 4.69) is 18.8 Å². The summed E-state index contributed by atoms with van der Waals surface area (Å²) in [5, 5.41) is 9.40. The Morgan fingerprint density at radius 3 is 2.48 bits per heavy atom. The summed E-state index contributed by atoms with van der Waals surface area (Å²) in [7, 11) is 0. The molecule has 1 unspecified atom stereocenters. The third kappa shape index (κ3) is 8.58. The highest BCUT2D eigenvalue weighted by Crippen LogP contribution is 2.43. The number of ether oxygens (including phenoxy) is 2. The van der Waals surface area contributed by atoms with Crippen molar-refractivity contribution in [2.45, 2.75) is 85.3 Å². The van der Waals surface area contributed by atoms with Crippen molar-refractivity contribution in [1.29, 1.82) is 0 Å². The number of hydrogen-bond acceptors (Lipinski definition) is 7. The van der Waals surface area contributed by atoms with Crippen LogP contribution in [0.15, 0.2) is 24.3 Å². The van der Waals surface area contributed by atoms with E-state index in [0.29, 0.717) is 56.1 Å². The second-order valence-electron chi connectivity index (χ2n) is 13.8. The summed E-state index contributed by atoms with van der Waals surface area (Å²) >= 11 is 0. The molecule has 2 aromatic rings. The predicted molar refractivity (Wildman–Crippen MR) is 165 cm³/mol. The molecule has 0 spiro atoms. The van der Waals surface area contributed by atoms with Gasteiger partial charge in [-0.15, -0.1) is 0 Å². The molecule has 0 aliphatic carbocycles. The molecule has 2 fully saturated rings. The van der Waals surface area contributed by atoms with Crippen molar-refractivity contribution in [1.82, 2.24) is 19.4 Å². The summed E-state index contributed by atoms with van der Waals surface area (Å²) in [5.74, 6) is -1.04. The molecule has 3 heterocycles. The van der Waals surface area contributed by atoms with Crippen LogP contribution in [0.4, 0.5) is 4.79 Å². The third-order valence-corrected chi connectivity index (χ3v) is 8.45. The number of fused-ring (bicyclic) bond motifs is 1. The number of aromatic nitrogens is 2. The second-order valence-corrected chi connectivity index (χ2v) is 13.8. The van der Waals surface area contributed by atoms with Crippen LogP contribution < -0.4 is 0 Å². The molecule has 2 atom stereocenters. The first-order valence-corrected chi connectivity index (χ1v) is 15.8. The summed E-state index contributed by atoms with van der Waals surface area (Å²) in [5.41, 5.74) is -0.0905. The van der Waals surface area contributed by atoms with E-state index in [4.69, 9.17) is 9.47 Å². The minimum atomic E-state index is -0.962.